The molecule has 3 rings (SSSR count). The first-order valence-corrected chi connectivity index (χ1v) is 9.74. The number of carboxylic acids is 2. The Balaban J connectivity index is 2.14. The average Bonchev–Trinajstić information content (AvgIpc) is 3.07. The Morgan fingerprint density at radius 3 is 1.93 bits per heavy atom. The molecule has 0 aliphatic carbocycles. The largest absolute Gasteiger partial charge is 0.478 e. The van der Waals surface area contributed by atoms with E-state index in [1.54, 1.807) is 12.1 Å². The van der Waals surface area contributed by atoms with Crippen molar-refractivity contribution >= 4 is 11.9 Å². The fourth-order valence-electron chi connectivity index (χ4n) is 3.35. The van der Waals surface area contributed by atoms with Crippen LogP contribution < -0.4 is 0 Å². The van der Waals surface area contributed by atoms with Crippen molar-refractivity contribution in [2.75, 3.05) is 0 Å². The quantitative estimate of drug-likeness (QED) is 0.636. The van der Waals surface area contributed by atoms with Crippen molar-refractivity contribution in [2.24, 2.45) is 0 Å². The number of nitrogens with zero attached hydrogens (tertiary/aromatic N) is 2. The van der Waals surface area contributed by atoms with Gasteiger partial charge in [0.2, 0.25) is 0 Å². The maximum absolute atomic E-state index is 11.6. The summed E-state index contributed by atoms with van der Waals surface area (Å²) in [5.74, 6) is -2.28. The van der Waals surface area contributed by atoms with Crippen molar-refractivity contribution in [3.63, 3.8) is 0 Å². The van der Waals surface area contributed by atoms with Crippen molar-refractivity contribution < 1.29 is 19.8 Å². The van der Waals surface area contributed by atoms with Crippen molar-refractivity contribution in [1.82, 2.24) is 9.78 Å². The maximum atomic E-state index is 11.6. The molecule has 0 radical (unpaired) electrons. The molecular weight excluding hydrogens is 380 g/mol. The van der Waals surface area contributed by atoms with Crippen molar-refractivity contribution in [1.29, 1.82) is 0 Å². The van der Waals surface area contributed by atoms with Crippen molar-refractivity contribution in [3.8, 4) is 5.69 Å². The molecule has 0 atom stereocenters. The highest BCUT2D eigenvalue weighted by Crippen LogP contribution is 2.26. The van der Waals surface area contributed by atoms with Crippen LogP contribution in [0.5, 0.6) is 0 Å². The summed E-state index contributed by atoms with van der Waals surface area (Å²) < 4.78 is 1.85. The summed E-state index contributed by atoms with van der Waals surface area (Å²) in [5, 5.41) is 23.8. The van der Waals surface area contributed by atoms with Crippen LogP contribution in [-0.2, 0) is 11.8 Å². The number of hydrogen-bond acceptors (Lipinski definition) is 3. The van der Waals surface area contributed by atoms with Crippen LogP contribution in [0.25, 0.3) is 5.69 Å². The number of aromatic nitrogens is 2. The van der Waals surface area contributed by atoms with Gasteiger partial charge in [-0.15, -0.1) is 0 Å². The van der Waals surface area contributed by atoms with Gasteiger partial charge in [0, 0.05) is 17.5 Å². The normalized spacial score (nSPS) is 11.5. The molecule has 6 nitrogen and oxygen atoms in total. The fourth-order valence-corrected chi connectivity index (χ4v) is 3.35. The van der Waals surface area contributed by atoms with Crippen LogP contribution in [0.4, 0.5) is 0 Å². The molecule has 0 spiro atoms. The van der Waals surface area contributed by atoms with E-state index >= 15 is 0 Å². The third kappa shape index (κ3) is 4.27. The maximum Gasteiger partial charge on any atom is 0.335 e. The lowest BCUT2D eigenvalue weighted by Gasteiger charge is -2.14. The molecule has 0 unspecified atom stereocenters. The van der Waals surface area contributed by atoms with Crippen LogP contribution in [-0.4, -0.2) is 31.9 Å². The summed E-state index contributed by atoms with van der Waals surface area (Å²) in [7, 11) is 0. The molecule has 3 aromatic rings. The van der Waals surface area contributed by atoms with Gasteiger partial charge in [0.05, 0.1) is 22.5 Å². The zero-order chi connectivity index (χ0) is 22.2. The molecule has 0 saturated carbocycles. The highest BCUT2D eigenvalue weighted by molar-refractivity contribution is 5.96. The zero-order valence-corrected chi connectivity index (χ0v) is 17.9. The number of aryl methyl sites for hydroxylation is 1. The molecule has 0 aliphatic rings. The van der Waals surface area contributed by atoms with Crippen molar-refractivity contribution in [3.05, 3.63) is 81.7 Å². The van der Waals surface area contributed by atoms with Gasteiger partial charge in [0.25, 0.3) is 0 Å². The van der Waals surface area contributed by atoms with Gasteiger partial charge in [-0.1, -0.05) is 38.5 Å². The van der Waals surface area contributed by atoms with Crippen LogP contribution in [0.15, 0.2) is 42.5 Å². The molecule has 1 heterocycles. The summed E-state index contributed by atoms with van der Waals surface area (Å²) in [6, 6.07) is 13.1. The van der Waals surface area contributed by atoms with Gasteiger partial charge in [0.1, 0.15) is 0 Å². The topological polar surface area (TPSA) is 92.4 Å². The van der Waals surface area contributed by atoms with Gasteiger partial charge in [-0.3, -0.25) is 0 Å². The molecule has 0 amide bonds. The number of carbonyl (C=O) groups is 2. The van der Waals surface area contributed by atoms with Crippen LogP contribution in [0, 0.1) is 13.8 Å². The number of carboxylic acid groups (broad SMARTS) is 2. The molecule has 6 heteroatoms. The van der Waals surface area contributed by atoms with E-state index in [1.807, 2.05) is 41.9 Å². The van der Waals surface area contributed by atoms with Gasteiger partial charge < -0.3 is 10.2 Å². The third-order valence-electron chi connectivity index (χ3n) is 5.14. The lowest BCUT2D eigenvalue weighted by atomic mass is 9.91. The summed E-state index contributed by atoms with van der Waals surface area (Å²) in [6.45, 7) is 9.77. The van der Waals surface area contributed by atoms with Gasteiger partial charge in [-0.2, -0.15) is 5.10 Å². The lowest BCUT2D eigenvalue weighted by Crippen LogP contribution is -2.12. The molecule has 30 heavy (non-hydrogen) atoms. The second-order valence-electron chi connectivity index (χ2n) is 8.62. The van der Waals surface area contributed by atoms with Gasteiger partial charge >= 0.3 is 11.9 Å². The predicted octanol–water partition coefficient (Wildman–Crippen LogP) is 4.77. The van der Waals surface area contributed by atoms with Crippen LogP contribution in [0.3, 0.4) is 0 Å². The fraction of sp³-hybridized carbons (Fsp3) is 0.292. The summed E-state index contributed by atoms with van der Waals surface area (Å²) >= 11 is 0. The van der Waals surface area contributed by atoms with Crippen molar-refractivity contribution in [2.45, 2.75) is 46.5 Å². The first-order valence-electron chi connectivity index (χ1n) is 9.74. The van der Waals surface area contributed by atoms with E-state index < -0.39 is 11.9 Å². The van der Waals surface area contributed by atoms with Crippen LogP contribution in [0.1, 0.15) is 69.6 Å². The van der Waals surface area contributed by atoms with Crippen LogP contribution in [0.2, 0.25) is 0 Å². The Kier molecular flexibility index (Phi) is 5.53. The van der Waals surface area contributed by atoms with E-state index in [0.717, 1.165) is 22.6 Å². The predicted molar refractivity (Wildman–Crippen MR) is 115 cm³/mol. The average molecular weight is 406 g/mol. The molecule has 2 N–H and O–H groups in total. The lowest BCUT2D eigenvalue weighted by molar-refractivity contribution is 0.0696. The molecule has 0 bridgehead atoms. The van der Waals surface area contributed by atoms with E-state index in [-0.39, 0.29) is 22.1 Å². The summed E-state index contributed by atoms with van der Waals surface area (Å²) in [4.78, 5) is 23.3. The molecule has 156 valence electrons. The first kappa shape index (κ1) is 21.3. The number of rotatable bonds is 5. The van der Waals surface area contributed by atoms with E-state index in [1.165, 1.54) is 6.92 Å². The Morgan fingerprint density at radius 2 is 1.47 bits per heavy atom. The van der Waals surface area contributed by atoms with E-state index in [2.05, 4.69) is 20.8 Å². The number of benzene rings is 2. The van der Waals surface area contributed by atoms with E-state index in [0.29, 0.717) is 12.0 Å². The number of aromatic carboxylic acids is 2. The minimum Gasteiger partial charge on any atom is -0.478 e. The SMILES string of the molecule is Cc1ccc(-n2nc(C(C)(C)C)cc2Cc2cc(C(=O)O)c(C)c(C(=O)O)c2)cc1. The van der Waals surface area contributed by atoms with Gasteiger partial charge in [-0.05, 0) is 55.3 Å². The Morgan fingerprint density at radius 1 is 0.933 bits per heavy atom. The highest BCUT2D eigenvalue weighted by atomic mass is 16.4. The molecule has 0 aliphatic heterocycles. The molecule has 2 aromatic carbocycles. The van der Waals surface area contributed by atoms with E-state index in [9.17, 15) is 19.8 Å². The zero-order valence-electron chi connectivity index (χ0n) is 17.9. The number of hydrogen-bond donors (Lipinski definition) is 2. The molecular formula is C24H26N2O4. The summed E-state index contributed by atoms with van der Waals surface area (Å²) in [5.41, 5.74) is 4.50. The Hall–Kier alpha value is -3.41. The first-order chi connectivity index (χ1) is 14.0. The molecule has 0 saturated heterocycles. The molecule has 1 aromatic heterocycles. The Labute approximate surface area is 175 Å². The monoisotopic (exact) mass is 406 g/mol. The summed E-state index contributed by atoms with van der Waals surface area (Å²) in [6.07, 6.45) is 0.359. The minimum absolute atomic E-state index is 0.00217. The minimum atomic E-state index is -1.14. The Bertz CT molecular complexity index is 1080. The highest BCUT2D eigenvalue weighted by Gasteiger charge is 2.22. The third-order valence-corrected chi connectivity index (χ3v) is 5.14. The second-order valence-corrected chi connectivity index (χ2v) is 8.62. The second kappa shape index (κ2) is 7.78. The van der Waals surface area contributed by atoms with Crippen LogP contribution >= 0.6 is 0 Å². The van der Waals surface area contributed by atoms with E-state index in [4.69, 9.17) is 5.10 Å². The standard InChI is InChI=1S/C24H26N2O4/c1-14-6-8-17(9-7-14)26-18(13-21(25-26)24(3,4)5)10-16-11-19(22(27)28)15(2)20(12-16)23(29)30/h6-9,11-13H,10H2,1-5H3,(H,27,28)(H,29,30). The smallest absolute Gasteiger partial charge is 0.335 e. The van der Waals surface area contributed by atoms with Gasteiger partial charge in [0.15, 0.2) is 0 Å². The molecule has 0 fully saturated rings. The van der Waals surface area contributed by atoms with Gasteiger partial charge in [-0.25, -0.2) is 14.3 Å².